The first kappa shape index (κ1) is 11.2. The number of aromatic nitrogens is 2. The summed E-state index contributed by atoms with van der Waals surface area (Å²) in [5, 5.41) is 11.0. The second kappa shape index (κ2) is 6.56. The van der Waals surface area contributed by atoms with Gasteiger partial charge >= 0.3 is 0 Å². The number of nitrogens with zero attached hydrogens (tertiary/aromatic N) is 2. The Morgan fingerprint density at radius 3 is 3.07 bits per heavy atom. The van der Waals surface area contributed by atoms with Crippen molar-refractivity contribution in [1.82, 2.24) is 10.2 Å². The van der Waals surface area contributed by atoms with Gasteiger partial charge in [-0.3, -0.25) is 0 Å². The van der Waals surface area contributed by atoms with E-state index in [0.717, 1.165) is 31.7 Å². The Morgan fingerprint density at radius 1 is 1.50 bits per heavy atom. The molecule has 0 bridgehead atoms. The van der Waals surface area contributed by atoms with Crippen molar-refractivity contribution in [2.45, 2.75) is 12.8 Å². The van der Waals surface area contributed by atoms with Gasteiger partial charge in [-0.05, 0) is 12.8 Å². The van der Waals surface area contributed by atoms with Gasteiger partial charge in [-0.1, -0.05) is 11.6 Å². The highest BCUT2D eigenvalue weighted by atomic mass is 35.5. The van der Waals surface area contributed by atoms with E-state index in [1.54, 1.807) is 19.4 Å². The topological polar surface area (TPSA) is 47.0 Å². The Labute approximate surface area is 88.6 Å². The number of rotatable bonds is 6. The van der Waals surface area contributed by atoms with Crippen molar-refractivity contribution < 1.29 is 4.74 Å². The fourth-order valence-electron chi connectivity index (χ4n) is 1.04. The highest BCUT2D eigenvalue weighted by Gasteiger charge is 1.94. The zero-order chi connectivity index (χ0) is 10.2. The quantitative estimate of drug-likeness (QED) is 0.738. The van der Waals surface area contributed by atoms with E-state index in [1.807, 2.05) is 0 Å². The van der Waals surface area contributed by atoms with Crippen LogP contribution in [0.3, 0.4) is 0 Å². The molecule has 0 aromatic carbocycles. The molecule has 1 N–H and O–H groups in total. The van der Waals surface area contributed by atoms with Crippen molar-refractivity contribution in [1.29, 1.82) is 0 Å². The van der Waals surface area contributed by atoms with Crippen molar-refractivity contribution in [3.05, 3.63) is 17.4 Å². The maximum atomic E-state index is 5.67. The lowest BCUT2D eigenvalue weighted by atomic mass is 10.3. The molecule has 78 valence electrons. The number of hydrogen-bond acceptors (Lipinski definition) is 4. The molecule has 0 aliphatic heterocycles. The minimum atomic E-state index is 0.409. The summed E-state index contributed by atoms with van der Waals surface area (Å²) >= 11 is 5.67. The van der Waals surface area contributed by atoms with Gasteiger partial charge in [0, 0.05) is 26.3 Å². The molecule has 1 heterocycles. The molecule has 0 atom stereocenters. The molecule has 0 fully saturated rings. The minimum Gasteiger partial charge on any atom is -0.385 e. The van der Waals surface area contributed by atoms with Gasteiger partial charge in [-0.25, -0.2) is 0 Å². The van der Waals surface area contributed by atoms with Crippen molar-refractivity contribution in [2.24, 2.45) is 0 Å². The maximum absolute atomic E-state index is 5.67. The van der Waals surface area contributed by atoms with E-state index in [1.165, 1.54) is 0 Å². The first-order chi connectivity index (χ1) is 6.83. The highest BCUT2D eigenvalue weighted by Crippen LogP contribution is 2.09. The third-order valence-corrected chi connectivity index (χ3v) is 1.91. The van der Waals surface area contributed by atoms with Crippen molar-refractivity contribution in [3.8, 4) is 0 Å². The molecule has 0 unspecified atom stereocenters. The zero-order valence-corrected chi connectivity index (χ0v) is 8.92. The van der Waals surface area contributed by atoms with E-state index in [4.69, 9.17) is 16.3 Å². The Bertz CT molecular complexity index is 270. The van der Waals surface area contributed by atoms with Gasteiger partial charge in [0.2, 0.25) is 0 Å². The van der Waals surface area contributed by atoms with Gasteiger partial charge < -0.3 is 10.1 Å². The summed E-state index contributed by atoms with van der Waals surface area (Å²) in [4.78, 5) is 0. The number of ether oxygens (including phenoxy) is 1. The van der Waals surface area contributed by atoms with Crippen LogP contribution in [0.25, 0.3) is 0 Å². The lowest BCUT2D eigenvalue weighted by molar-refractivity contribution is 0.194. The van der Waals surface area contributed by atoms with E-state index < -0.39 is 0 Å². The molecule has 0 saturated carbocycles. The first-order valence-corrected chi connectivity index (χ1v) is 4.92. The monoisotopic (exact) mass is 215 g/mol. The largest absolute Gasteiger partial charge is 0.385 e. The Balaban J connectivity index is 2.18. The molecule has 0 spiro atoms. The van der Waals surface area contributed by atoms with Crippen LogP contribution < -0.4 is 5.32 Å². The summed E-state index contributed by atoms with van der Waals surface area (Å²) in [5.74, 6) is 0. The molecular formula is C9H14ClN3O. The number of methoxy groups -OCH3 is 1. The van der Waals surface area contributed by atoms with Crippen molar-refractivity contribution in [3.63, 3.8) is 0 Å². The van der Waals surface area contributed by atoms with E-state index >= 15 is 0 Å². The van der Waals surface area contributed by atoms with E-state index in [0.29, 0.717) is 5.15 Å². The third-order valence-electron chi connectivity index (χ3n) is 1.73. The van der Waals surface area contributed by atoms with Crippen LogP contribution in [0.5, 0.6) is 0 Å². The molecule has 1 aromatic heterocycles. The van der Waals surface area contributed by atoms with Crippen LogP contribution in [0.15, 0.2) is 12.3 Å². The summed E-state index contributed by atoms with van der Waals surface area (Å²) in [6, 6.07) is 1.75. The molecule has 0 amide bonds. The molecule has 5 heteroatoms. The number of nitrogens with one attached hydrogen (secondary N) is 1. The van der Waals surface area contributed by atoms with E-state index in [-0.39, 0.29) is 0 Å². The molecule has 0 aliphatic carbocycles. The fourth-order valence-corrected chi connectivity index (χ4v) is 1.20. The van der Waals surface area contributed by atoms with Gasteiger partial charge in [-0.2, -0.15) is 5.10 Å². The van der Waals surface area contributed by atoms with E-state index in [2.05, 4.69) is 15.5 Å². The van der Waals surface area contributed by atoms with Gasteiger partial charge in [0.15, 0.2) is 5.15 Å². The average molecular weight is 216 g/mol. The van der Waals surface area contributed by atoms with Crippen LogP contribution in [0.1, 0.15) is 12.8 Å². The number of anilines is 1. The van der Waals surface area contributed by atoms with Crippen LogP contribution in [0, 0.1) is 0 Å². The molecular weight excluding hydrogens is 202 g/mol. The predicted octanol–water partition coefficient (Wildman–Crippen LogP) is 1.97. The Hall–Kier alpha value is -0.870. The standard InChI is InChI=1S/C9H14ClN3O/c1-14-5-3-2-4-11-8-6-9(10)13-12-7-8/h6-7H,2-5H2,1H3,(H,11,13). The minimum absolute atomic E-state index is 0.409. The Morgan fingerprint density at radius 2 is 2.36 bits per heavy atom. The van der Waals surface area contributed by atoms with Crippen molar-refractivity contribution >= 4 is 17.3 Å². The highest BCUT2D eigenvalue weighted by molar-refractivity contribution is 6.29. The second-order valence-electron chi connectivity index (χ2n) is 2.89. The molecule has 14 heavy (non-hydrogen) atoms. The van der Waals surface area contributed by atoms with Crippen LogP contribution in [-0.4, -0.2) is 30.5 Å². The zero-order valence-electron chi connectivity index (χ0n) is 8.16. The van der Waals surface area contributed by atoms with Gasteiger partial charge in [0.25, 0.3) is 0 Å². The number of hydrogen-bond donors (Lipinski definition) is 1. The summed E-state index contributed by atoms with van der Waals surface area (Å²) in [6.07, 6.45) is 3.77. The lowest BCUT2D eigenvalue weighted by Gasteiger charge is -2.04. The SMILES string of the molecule is COCCCCNc1cnnc(Cl)c1. The number of halogens is 1. The summed E-state index contributed by atoms with van der Waals surface area (Å²) < 4.78 is 4.94. The van der Waals surface area contributed by atoms with Crippen LogP contribution in [0.4, 0.5) is 5.69 Å². The Kier molecular flexibility index (Phi) is 5.25. The molecule has 1 aromatic rings. The van der Waals surface area contributed by atoms with E-state index in [9.17, 15) is 0 Å². The molecule has 0 aliphatic rings. The summed E-state index contributed by atoms with van der Waals surface area (Å²) in [6.45, 7) is 1.70. The van der Waals surface area contributed by atoms with Gasteiger partial charge in [0.05, 0.1) is 11.9 Å². The third kappa shape index (κ3) is 4.39. The predicted molar refractivity (Wildman–Crippen MR) is 56.6 cm³/mol. The lowest BCUT2D eigenvalue weighted by Crippen LogP contribution is -2.03. The van der Waals surface area contributed by atoms with Gasteiger partial charge in [0.1, 0.15) is 0 Å². The summed E-state index contributed by atoms with van der Waals surface area (Å²) in [5.41, 5.74) is 0.905. The smallest absolute Gasteiger partial charge is 0.153 e. The van der Waals surface area contributed by atoms with Crippen molar-refractivity contribution in [2.75, 3.05) is 25.6 Å². The summed E-state index contributed by atoms with van der Waals surface area (Å²) in [7, 11) is 1.71. The molecule has 4 nitrogen and oxygen atoms in total. The van der Waals surface area contributed by atoms with Crippen LogP contribution >= 0.6 is 11.6 Å². The first-order valence-electron chi connectivity index (χ1n) is 4.54. The molecule has 0 radical (unpaired) electrons. The van der Waals surface area contributed by atoms with Gasteiger partial charge in [-0.15, -0.1) is 5.10 Å². The van der Waals surface area contributed by atoms with Crippen LogP contribution in [-0.2, 0) is 4.74 Å². The number of unbranched alkanes of at least 4 members (excludes halogenated alkanes) is 1. The maximum Gasteiger partial charge on any atom is 0.153 e. The molecule has 0 saturated heterocycles. The normalized spacial score (nSPS) is 10.1. The van der Waals surface area contributed by atoms with Crippen LogP contribution in [0.2, 0.25) is 5.15 Å². The molecule has 1 rings (SSSR count). The fraction of sp³-hybridized carbons (Fsp3) is 0.556. The average Bonchev–Trinajstić information content (AvgIpc) is 2.18. The second-order valence-corrected chi connectivity index (χ2v) is 3.28.